The molecule has 0 spiro atoms. The average molecular weight is 285 g/mol. The molecule has 0 bridgehead atoms. The molecule has 1 saturated heterocycles. The minimum atomic E-state index is -0.352. The number of halogens is 2. The molecule has 0 atom stereocenters. The zero-order valence-corrected chi connectivity index (χ0v) is 12.1. The van der Waals surface area contributed by atoms with Gasteiger partial charge < -0.3 is 10.2 Å². The molecule has 0 radical (unpaired) electrons. The predicted molar refractivity (Wildman–Crippen MR) is 78.0 cm³/mol. The average Bonchev–Trinajstić information content (AvgIpc) is 2.67. The number of rotatable bonds is 5. The van der Waals surface area contributed by atoms with Gasteiger partial charge >= 0.3 is 0 Å². The van der Waals surface area contributed by atoms with Crippen LogP contribution in [0.5, 0.6) is 0 Å². The first kappa shape index (κ1) is 14.8. The second-order valence-corrected chi connectivity index (χ2v) is 5.59. The van der Waals surface area contributed by atoms with Crippen molar-refractivity contribution < 1.29 is 4.39 Å². The van der Waals surface area contributed by atoms with E-state index >= 15 is 0 Å². The summed E-state index contributed by atoms with van der Waals surface area (Å²) in [5.74, 6) is -0.352. The smallest absolute Gasteiger partial charge is 0.141 e. The van der Waals surface area contributed by atoms with Gasteiger partial charge in [0.1, 0.15) is 5.82 Å². The number of nitrogens with one attached hydrogen (secondary N) is 1. The molecule has 1 aromatic rings. The van der Waals surface area contributed by atoms with Crippen molar-refractivity contribution in [1.29, 1.82) is 0 Å². The highest BCUT2D eigenvalue weighted by Crippen LogP contribution is 2.15. The highest BCUT2D eigenvalue weighted by molar-refractivity contribution is 6.30. The standard InChI is InChI=1S/C15H22ClFN2/c16-14-11-13(5-6-15(14)17)12-18-7-10-19-8-3-1-2-4-9-19/h5-6,11,18H,1-4,7-10,12H2. The van der Waals surface area contributed by atoms with Gasteiger partial charge in [-0.15, -0.1) is 0 Å². The molecule has 0 aliphatic carbocycles. The first-order chi connectivity index (χ1) is 9.25. The highest BCUT2D eigenvalue weighted by Gasteiger charge is 2.08. The van der Waals surface area contributed by atoms with Crippen LogP contribution in [0, 0.1) is 5.82 Å². The number of hydrogen-bond acceptors (Lipinski definition) is 2. The van der Waals surface area contributed by atoms with E-state index in [1.165, 1.54) is 44.8 Å². The van der Waals surface area contributed by atoms with E-state index < -0.39 is 0 Å². The lowest BCUT2D eigenvalue weighted by Crippen LogP contribution is -2.32. The maximum Gasteiger partial charge on any atom is 0.141 e. The summed E-state index contributed by atoms with van der Waals surface area (Å²) in [4.78, 5) is 2.53. The molecule has 1 N–H and O–H groups in total. The molecule has 2 nitrogen and oxygen atoms in total. The van der Waals surface area contributed by atoms with Gasteiger partial charge in [0.15, 0.2) is 0 Å². The summed E-state index contributed by atoms with van der Waals surface area (Å²) in [5.41, 5.74) is 1.03. The van der Waals surface area contributed by atoms with Gasteiger partial charge in [-0.1, -0.05) is 30.5 Å². The predicted octanol–water partition coefficient (Wildman–Crippen LogP) is 3.44. The van der Waals surface area contributed by atoms with Crippen molar-refractivity contribution in [3.8, 4) is 0 Å². The zero-order chi connectivity index (χ0) is 13.5. The van der Waals surface area contributed by atoms with Crippen LogP contribution < -0.4 is 5.32 Å². The molecule has 1 aliphatic heterocycles. The molecule has 0 amide bonds. The van der Waals surface area contributed by atoms with Crippen molar-refractivity contribution in [2.75, 3.05) is 26.2 Å². The Morgan fingerprint density at radius 3 is 2.58 bits per heavy atom. The van der Waals surface area contributed by atoms with E-state index in [1.807, 2.05) is 0 Å². The van der Waals surface area contributed by atoms with Crippen LogP contribution in [0.1, 0.15) is 31.2 Å². The fourth-order valence-electron chi connectivity index (χ4n) is 2.48. The summed E-state index contributed by atoms with van der Waals surface area (Å²) in [5, 5.41) is 3.59. The van der Waals surface area contributed by atoms with Crippen LogP contribution >= 0.6 is 11.6 Å². The summed E-state index contributed by atoms with van der Waals surface area (Å²) in [6.45, 7) is 5.26. The molecule has 1 aliphatic rings. The maximum atomic E-state index is 13.0. The third-order valence-corrected chi connectivity index (χ3v) is 3.91. The minimum Gasteiger partial charge on any atom is -0.311 e. The van der Waals surface area contributed by atoms with Crippen molar-refractivity contribution in [1.82, 2.24) is 10.2 Å². The molecule has 2 rings (SSSR count). The van der Waals surface area contributed by atoms with E-state index in [9.17, 15) is 4.39 Å². The molecule has 0 saturated carbocycles. The van der Waals surface area contributed by atoms with Crippen molar-refractivity contribution in [3.63, 3.8) is 0 Å². The van der Waals surface area contributed by atoms with Crippen LogP contribution in [0.4, 0.5) is 4.39 Å². The van der Waals surface area contributed by atoms with Gasteiger partial charge in [0.05, 0.1) is 5.02 Å². The Labute approximate surface area is 119 Å². The Bertz CT molecular complexity index is 390. The van der Waals surface area contributed by atoms with Gasteiger partial charge in [-0.25, -0.2) is 4.39 Å². The largest absolute Gasteiger partial charge is 0.311 e. The lowest BCUT2D eigenvalue weighted by Gasteiger charge is -2.19. The van der Waals surface area contributed by atoms with Crippen LogP contribution in [0.3, 0.4) is 0 Å². The fraction of sp³-hybridized carbons (Fsp3) is 0.600. The monoisotopic (exact) mass is 284 g/mol. The first-order valence-corrected chi connectivity index (χ1v) is 7.50. The molecule has 1 heterocycles. The summed E-state index contributed by atoms with van der Waals surface area (Å²) in [7, 11) is 0. The molecule has 106 valence electrons. The van der Waals surface area contributed by atoms with Gasteiger partial charge in [-0.3, -0.25) is 0 Å². The van der Waals surface area contributed by atoms with Crippen LogP contribution in [0.25, 0.3) is 0 Å². The molecule has 4 heteroatoms. The minimum absolute atomic E-state index is 0.201. The summed E-state index contributed by atoms with van der Waals surface area (Å²) in [6, 6.07) is 4.89. The van der Waals surface area contributed by atoms with Crippen LogP contribution in [-0.4, -0.2) is 31.1 Å². The van der Waals surface area contributed by atoms with Crippen molar-refractivity contribution >= 4 is 11.6 Å². The SMILES string of the molecule is Fc1ccc(CNCCN2CCCCCC2)cc1Cl. The number of hydrogen-bond donors (Lipinski definition) is 1. The second-order valence-electron chi connectivity index (χ2n) is 5.18. The van der Waals surface area contributed by atoms with Crippen LogP contribution in [0.2, 0.25) is 5.02 Å². The van der Waals surface area contributed by atoms with E-state index in [1.54, 1.807) is 12.1 Å². The van der Waals surface area contributed by atoms with Crippen molar-refractivity contribution in [3.05, 3.63) is 34.6 Å². The zero-order valence-electron chi connectivity index (χ0n) is 11.3. The van der Waals surface area contributed by atoms with E-state index in [2.05, 4.69) is 10.2 Å². The topological polar surface area (TPSA) is 15.3 Å². The molecule has 1 aromatic carbocycles. The van der Waals surface area contributed by atoms with E-state index in [0.29, 0.717) is 0 Å². The van der Waals surface area contributed by atoms with Gasteiger partial charge in [-0.05, 0) is 43.6 Å². The van der Waals surface area contributed by atoms with Crippen molar-refractivity contribution in [2.24, 2.45) is 0 Å². The Hall–Kier alpha value is -0.640. The van der Waals surface area contributed by atoms with Gasteiger partial charge in [0.2, 0.25) is 0 Å². The Morgan fingerprint density at radius 2 is 1.89 bits per heavy atom. The van der Waals surface area contributed by atoms with Gasteiger partial charge in [0, 0.05) is 19.6 Å². The van der Waals surface area contributed by atoms with Gasteiger partial charge in [0.25, 0.3) is 0 Å². The van der Waals surface area contributed by atoms with Crippen molar-refractivity contribution in [2.45, 2.75) is 32.2 Å². The van der Waals surface area contributed by atoms with E-state index in [0.717, 1.165) is 25.2 Å². The number of nitrogens with zero attached hydrogens (tertiary/aromatic N) is 1. The normalized spacial score (nSPS) is 17.4. The Kier molecular flexibility index (Phi) is 6.08. The highest BCUT2D eigenvalue weighted by atomic mass is 35.5. The van der Waals surface area contributed by atoms with Crippen LogP contribution in [-0.2, 0) is 6.54 Å². The lowest BCUT2D eigenvalue weighted by atomic mass is 10.2. The third-order valence-electron chi connectivity index (χ3n) is 3.62. The molecular formula is C15H22ClFN2. The number of likely N-dealkylation sites (tertiary alicyclic amines) is 1. The summed E-state index contributed by atoms with van der Waals surface area (Å²) < 4.78 is 13.0. The van der Waals surface area contributed by atoms with Crippen LogP contribution in [0.15, 0.2) is 18.2 Å². The molecular weight excluding hydrogens is 263 g/mol. The molecule has 19 heavy (non-hydrogen) atoms. The third kappa shape index (κ3) is 5.09. The molecule has 0 aromatic heterocycles. The first-order valence-electron chi connectivity index (χ1n) is 7.13. The Balaban J connectivity index is 1.67. The molecule has 0 unspecified atom stereocenters. The quantitative estimate of drug-likeness (QED) is 0.833. The van der Waals surface area contributed by atoms with E-state index in [-0.39, 0.29) is 10.8 Å². The summed E-state index contributed by atoms with van der Waals surface area (Å²) >= 11 is 5.76. The summed E-state index contributed by atoms with van der Waals surface area (Å²) in [6.07, 6.45) is 5.40. The number of benzene rings is 1. The lowest BCUT2D eigenvalue weighted by molar-refractivity contribution is 0.284. The maximum absolute atomic E-state index is 13.0. The fourth-order valence-corrected chi connectivity index (χ4v) is 2.68. The van der Waals surface area contributed by atoms with Gasteiger partial charge in [-0.2, -0.15) is 0 Å². The molecule has 1 fully saturated rings. The second kappa shape index (κ2) is 7.83. The van der Waals surface area contributed by atoms with E-state index in [4.69, 9.17) is 11.6 Å². The Morgan fingerprint density at radius 1 is 1.16 bits per heavy atom.